The maximum absolute atomic E-state index is 4.09. The average molecular weight is 275 g/mol. The fourth-order valence-electron chi connectivity index (χ4n) is 2.86. The minimum absolute atomic E-state index is 0.407. The lowest BCUT2D eigenvalue weighted by atomic mass is 9.81. The molecule has 1 aliphatic rings. The van der Waals surface area contributed by atoms with Crippen LogP contribution < -0.4 is 5.32 Å². The molecule has 1 fully saturated rings. The standard InChI is InChI=1S/C17H29N3/c1-4-17(5-2,13-19-16-6-7-16)14-20(3)12-15-8-10-18-11-9-15/h8-11,16,19H,4-7,12-14H2,1-3H3. The normalized spacial score (nSPS) is 15.8. The molecule has 1 saturated carbocycles. The number of rotatable bonds is 9. The highest BCUT2D eigenvalue weighted by Gasteiger charge is 2.30. The maximum atomic E-state index is 4.09. The highest BCUT2D eigenvalue weighted by atomic mass is 15.1. The molecule has 1 heterocycles. The van der Waals surface area contributed by atoms with Gasteiger partial charge in [-0.15, -0.1) is 0 Å². The summed E-state index contributed by atoms with van der Waals surface area (Å²) in [5.74, 6) is 0. The zero-order valence-corrected chi connectivity index (χ0v) is 13.2. The third-order valence-electron chi connectivity index (χ3n) is 4.65. The predicted octanol–water partition coefficient (Wildman–Crippen LogP) is 3.07. The van der Waals surface area contributed by atoms with Gasteiger partial charge in [-0.3, -0.25) is 4.98 Å². The van der Waals surface area contributed by atoms with Gasteiger partial charge in [-0.1, -0.05) is 13.8 Å². The molecule has 20 heavy (non-hydrogen) atoms. The van der Waals surface area contributed by atoms with Gasteiger partial charge in [0, 0.05) is 38.1 Å². The van der Waals surface area contributed by atoms with Crippen molar-refractivity contribution >= 4 is 0 Å². The Balaban J connectivity index is 1.88. The lowest BCUT2D eigenvalue weighted by Gasteiger charge is -2.36. The summed E-state index contributed by atoms with van der Waals surface area (Å²) in [6.45, 7) is 7.98. The zero-order valence-electron chi connectivity index (χ0n) is 13.2. The molecule has 0 amide bonds. The lowest BCUT2D eigenvalue weighted by Crippen LogP contribution is -2.42. The van der Waals surface area contributed by atoms with Gasteiger partial charge in [0.05, 0.1) is 0 Å². The zero-order chi connectivity index (χ0) is 14.4. The van der Waals surface area contributed by atoms with E-state index < -0.39 is 0 Å². The molecule has 112 valence electrons. The average Bonchev–Trinajstić information content (AvgIpc) is 3.29. The Morgan fingerprint density at radius 1 is 1.25 bits per heavy atom. The van der Waals surface area contributed by atoms with E-state index in [-0.39, 0.29) is 0 Å². The molecule has 0 bridgehead atoms. The van der Waals surface area contributed by atoms with Crippen LogP contribution in [0.5, 0.6) is 0 Å². The maximum Gasteiger partial charge on any atom is 0.0271 e. The molecule has 1 N–H and O–H groups in total. The van der Waals surface area contributed by atoms with Crippen molar-refractivity contribution in [2.45, 2.75) is 52.1 Å². The van der Waals surface area contributed by atoms with Crippen LogP contribution in [-0.2, 0) is 6.54 Å². The van der Waals surface area contributed by atoms with E-state index in [0.717, 1.165) is 25.7 Å². The Bertz CT molecular complexity index is 382. The molecule has 0 spiro atoms. The Morgan fingerprint density at radius 2 is 1.90 bits per heavy atom. The lowest BCUT2D eigenvalue weighted by molar-refractivity contribution is 0.150. The van der Waals surface area contributed by atoms with Crippen LogP contribution in [0.25, 0.3) is 0 Å². The first-order chi connectivity index (χ1) is 9.67. The van der Waals surface area contributed by atoms with E-state index in [4.69, 9.17) is 0 Å². The number of hydrogen-bond acceptors (Lipinski definition) is 3. The molecule has 2 rings (SSSR count). The molecule has 0 saturated heterocycles. The molecule has 3 nitrogen and oxygen atoms in total. The van der Waals surface area contributed by atoms with E-state index in [1.165, 1.54) is 31.2 Å². The molecular formula is C17H29N3. The Morgan fingerprint density at radius 3 is 2.45 bits per heavy atom. The highest BCUT2D eigenvalue weighted by molar-refractivity contribution is 5.09. The first-order valence-electron chi connectivity index (χ1n) is 7.98. The van der Waals surface area contributed by atoms with Crippen LogP contribution in [0, 0.1) is 5.41 Å². The molecule has 1 aromatic rings. The van der Waals surface area contributed by atoms with Crippen molar-refractivity contribution in [2.75, 3.05) is 20.1 Å². The summed E-state index contributed by atoms with van der Waals surface area (Å²) in [4.78, 5) is 6.54. The number of hydrogen-bond donors (Lipinski definition) is 1. The predicted molar refractivity (Wildman–Crippen MR) is 84.6 cm³/mol. The van der Waals surface area contributed by atoms with Gasteiger partial charge >= 0.3 is 0 Å². The SMILES string of the molecule is CCC(CC)(CNC1CC1)CN(C)Cc1ccncc1. The van der Waals surface area contributed by atoms with Gasteiger partial charge in [-0.05, 0) is 55.8 Å². The number of nitrogens with one attached hydrogen (secondary N) is 1. The quantitative estimate of drug-likeness (QED) is 0.751. The summed E-state index contributed by atoms with van der Waals surface area (Å²) in [6.07, 6.45) is 8.98. The molecule has 0 unspecified atom stereocenters. The smallest absolute Gasteiger partial charge is 0.0271 e. The van der Waals surface area contributed by atoms with Gasteiger partial charge in [0.15, 0.2) is 0 Å². The number of nitrogens with zero attached hydrogens (tertiary/aromatic N) is 2. The van der Waals surface area contributed by atoms with Gasteiger partial charge in [0.2, 0.25) is 0 Å². The molecule has 1 aliphatic carbocycles. The van der Waals surface area contributed by atoms with E-state index in [1.807, 2.05) is 12.4 Å². The summed E-state index contributed by atoms with van der Waals surface area (Å²) in [5.41, 5.74) is 1.75. The van der Waals surface area contributed by atoms with Crippen molar-refractivity contribution < 1.29 is 0 Å². The molecule has 0 atom stereocenters. The second-order valence-electron chi connectivity index (χ2n) is 6.39. The van der Waals surface area contributed by atoms with Gasteiger partial charge < -0.3 is 10.2 Å². The van der Waals surface area contributed by atoms with E-state index in [9.17, 15) is 0 Å². The van der Waals surface area contributed by atoms with Gasteiger partial charge in [0.1, 0.15) is 0 Å². The molecule has 3 heteroatoms. The van der Waals surface area contributed by atoms with Gasteiger partial charge in [-0.25, -0.2) is 0 Å². The first kappa shape index (κ1) is 15.5. The van der Waals surface area contributed by atoms with Crippen LogP contribution in [-0.4, -0.2) is 36.1 Å². The van der Waals surface area contributed by atoms with Crippen molar-refractivity contribution in [1.82, 2.24) is 15.2 Å². The third kappa shape index (κ3) is 4.57. The summed E-state index contributed by atoms with van der Waals surface area (Å²) >= 11 is 0. The number of pyridine rings is 1. The van der Waals surface area contributed by atoms with Crippen LogP contribution in [0.1, 0.15) is 45.1 Å². The topological polar surface area (TPSA) is 28.2 Å². The minimum atomic E-state index is 0.407. The van der Waals surface area contributed by atoms with Crippen molar-refractivity contribution in [3.05, 3.63) is 30.1 Å². The molecule has 0 radical (unpaired) electrons. The van der Waals surface area contributed by atoms with Crippen LogP contribution >= 0.6 is 0 Å². The van der Waals surface area contributed by atoms with Gasteiger partial charge in [0.25, 0.3) is 0 Å². The van der Waals surface area contributed by atoms with Crippen molar-refractivity contribution in [3.63, 3.8) is 0 Å². The molecule has 0 aromatic carbocycles. The second kappa shape index (κ2) is 7.19. The highest BCUT2D eigenvalue weighted by Crippen LogP contribution is 2.29. The van der Waals surface area contributed by atoms with E-state index in [1.54, 1.807) is 0 Å². The fraction of sp³-hybridized carbons (Fsp3) is 0.706. The monoisotopic (exact) mass is 275 g/mol. The van der Waals surface area contributed by atoms with E-state index in [0.29, 0.717) is 5.41 Å². The Kier molecular flexibility index (Phi) is 5.55. The van der Waals surface area contributed by atoms with Crippen LogP contribution in [0.2, 0.25) is 0 Å². The molecule has 0 aliphatic heterocycles. The Labute approximate surface area is 123 Å². The Hall–Kier alpha value is -0.930. The van der Waals surface area contributed by atoms with Crippen molar-refractivity contribution in [1.29, 1.82) is 0 Å². The fourth-order valence-corrected chi connectivity index (χ4v) is 2.86. The molecule has 1 aromatic heterocycles. The number of aromatic nitrogens is 1. The van der Waals surface area contributed by atoms with E-state index >= 15 is 0 Å². The first-order valence-corrected chi connectivity index (χ1v) is 7.98. The van der Waals surface area contributed by atoms with E-state index in [2.05, 4.69) is 48.2 Å². The largest absolute Gasteiger partial charge is 0.313 e. The van der Waals surface area contributed by atoms with Crippen LogP contribution in [0.4, 0.5) is 0 Å². The summed E-state index contributed by atoms with van der Waals surface area (Å²) in [6, 6.07) is 5.02. The summed E-state index contributed by atoms with van der Waals surface area (Å²) in [7, 11) is 2.23. The van der Waals surface area contributed by atoms with Gasteiger partial charge in [-0.2, -0.15) is 0 Å². The third-order valence-corrected chi connectivity index (χ3v) is 4.65. The second-order valence-corrected chi connectivity index (χ2v) is 6.39. The minimum Gasteiger partial charge on any atom is -0.313 e. The van der Waals surface area contributed by atoms with Crippen molar-refractivity contribution in [2.24, 2.45) is 5.41 Å². The summed E-state index contributed by atoms with van der Waals surface area (Å²) < 4.78 is 0. The van der Waals surface area contributed by atoms with Crippen LogP contribution in [0.3, 0.4) is 0 Å². The molecular weight excluding hydrogens is 246 g/mol. The van der Waals surface area contributed by atoms with Crippen molar-refractivity contribution in [3.8, 4) is 0 Å². The summed E-state index contributed by atoms with van der Waals surface area (Å²) in [5, 5.41) is 3.73. The van der Waals surface area contributed by atoms with Crippen LogP contribution in [0.15, 0.2) is 24.5 Å².